The van der Waals surface area contributed by atoms with Gasteiger partial charge in [0, 0.05) is 12.2 Å². The molecule has 1 heterocycles. The van der Waals surface area contributed by atoms with Gasteiger partial charge in [0.05, 0.1) is 12.1 Å². The predicted molar refractivity (Wildman–Crippen MR) is 70.6 cm³/mol. The van der Waals surface area contributed by atoms with Gasteiger partial charge >= 0.3 is 0 Å². The second-order valence-corrected chi connectivity index (χ2v) is 5.41. The molecule has 1 atom stereocenters. The first-order valence-corrected chi connectivity index (χ1v) is 6.70. The quantitative estimate of drug-likeness (QED) is 0.841. The third kappa shape index (κ3) is 2.43. The van der Waals surface area contributed by atoms with Crippen LogP contribution in [0.1, 0.15) is 56.1 Å². The van der Waals surface area contributed by atoms with Crippen molar-refractivity contribution in [1.29, 1.82) is 0 Å². The van der Waals surface area contributed by atoms with Crippen molar-refractivity contribution in [3.63, 3.8) is 0 Å². The minimum atomic E-state index is -0.536. The van der Waals surface area contributed by atoms with Crippen molar-refractivity contribution in [3.8, 4) is 0 Å². The molecule has 1 fully saturated rings. The van der Waals surface area contributed by atoms with Crippen LogP contribution in [0, 0.1) is 0 Å². The average Bonchev–Trinajstić information content (AvgIpc) is 2.75. The molecular weight excluding hydrogens is 228 g/mol. The number of amides is 1. The number of hydrogen-bond acceptors (Lipinski definition) is 2. The van der Waals surface area contributed by atoms with Crippen LogP contribution < -0.4 is 5.32 Å². The van der Waals surface area contributed by atoms with Gasteiger partial charge in [0.25, 0.3) is 5.91 Å². The maximum absolute atomic E-state index is 12.3. The molecule has 1 amide bonds. The van der Waals surface area contributed by atoms with Crippen molar-refractivity contribution in [1.82, 2.24) is 9.88 Å². The van der Waals surface area contributed by atoms with Gasteiger partial charge in [0.1, 0.15) is 5.69 Å². The summed E-state index contributed by atoms with van der Waals surface area (Å²) in [7, 11) is 0. The molecule has 0 radical (unpaired) electrons. The lowest BCUT2D eigenvalue weighted by molar-refractivity contribution is 0.0832. The number of carbonyl (C=O) groups is 1. The van der Waals surface area contributed by atoms with Crippen molar-refractivity contribution in [3.05, 3.63) is 24.0 Å². The van der Waals surface area contributed by atoms with Crippen LogP contribution >= 0.6 is 0 Å². The van der Waals surface area contributed by atoms with Crippen molar-refractivity contribution in [2.24, 2.45) is 0 Å². The Morgan fingerprint density at radius 2 is 2.33 bits per heavy atom. The second kappa shape index (κ2) is 5.14. The molecule has 4 nitrogen and oxygen atoms in total. The normalized spacial score (nSPS) is 19.1. The van der Waals surface area contributed by atoms with E-state index in [4.69, 9.17) is 0 Å². The summed E-state index contributed by atoms with van der Waals surface area (Å²) in [5, 5.41) is 12.3. The van der Waals surface area contributed by atoms with Crippen molar-refractivity contribution >= 4 is 5.91 Å². The summed E-state index contributed by atoms with van der Waals surface area (Å²) in [6, 6.07) is 4.24. The summed E-state index contributed by atoms with van der Waals surface area (Å²) in [6.45, 7) is 3.78. The number of hydrogen-bond donors (Lipinski definition) is 2. The molecule has 1 aromatic rings. The van der Waals surface area contributed by atoms with Crippen molar-refractivity contribution < 1.29 is 9.90 Å². The van der Waals surface area contributed by atoms with E-state index >= 15 is 0 Å². The van der Waals surface area contributed by atoms with Crippen LogP contribution in [0.3, 0.4) is 0 Å². The monoisotopic (exact) mass is 250 g/mol. The summed E-state index contributed by atoms with van der Waals surface area (Å²) < 4.78 is 2.06. The van der Waals surface area contributed by atoms with Gasteiger partial charge in [-0.25, -0.2) is 0 Å². The summed E-state index contributed by atoms with van der Waals surface area (Å²) in [5.41, 5.74) is 0.166. The van der Waals surface area contributed by atoms with E-state index in [1.54, 1.807) is 0 Å². The molecule has 1 unspecified atom stereocenters. The Morgan fingerprint density at radius 3 is 2.83 bits per heavy atom. The van der Waals surface area contributed by atoms with Gasteiger partial charge in [-0.1, -0.05) is 6.92 Å². The summed E-state index contributed by atoms with van der Waals surface area (Å²) in [4.78, 5) is 12.3. The molecule has 0 aliphatic heterocycles. The molecule has 2 N–H and O–H groups in total. The van der Waals surface area contributed by atoms with E-state index in [9.17, 15) is 9.90 Å². The number of carbonyl (C=O) groups excluding carboxylic acids is 1. The lowest BCUT2D eigenvalue weighted by atomic mass is 9.92. The molecule has 1 aliphatic carbocycles. The predicted octanol–water partition coefficient (Wildman–Crippen LogP) is 2.10. The van der Waals surface area contributed by atoms with E-state index in [1.807, 2.05) is 32.2 Å². The van der Waals surface area contributed by atoms with Crippen LogP contribution in [0.2, 0.25) is 0 Å². The highest BCUT2D eigenvalue weighted by Crippen LogP contribution is 2.32. The number of nitrogens with zero attached hydrogens (tertiary/aromatic N) is 1. The van der Waals surface area contributed by atoms with E-state index in [0.717, 1.165) is 12.8 Å². The van der Waals surface area contributed by atoms with Crippen molar-refractivity contribution in [2.75, 3.05) is 6.61 Å². The third-order valence-corrected chi connectivity index (χ3v) is 4.02. The second-order valence-electron chi connectivity index (χ2n) is 5.41. The maximum atomic E-state index is 12.3. The molecule has 0 spiro atoms. The topological polar surface area (TPSA) is 54.3 Å². The molecule has 0 bridgehead atoms. The fourth-order valence-electron chi connectivity index (χ4n) is 2.15. The Kier molecular flexibility index (Phi) is 3.76. The molecule has 1 aliphatic rings. The minimum Gasteiger partial charge on any atom is -0.394 e. The van der Waals surface area contributed by atoms with Gasteiger partial charge in [-0.15, -0.1) is 0 Å². The van der Waals surface area contributed by atoms with Gasteiger partial charge in [-0.3, -0.25) is 4.79 Å². The lowest BCUT2D eigenvalue weighted by Crippen LogP contribution is -2.49. The molecule has 0 saturated heterocycles. The van der Waals surface area contributed by atoms with E-state index < -0.39 is 5.54 Å². The number of aromatic nitrogens is 1. The van der Waals surface area contributed by atoms with Gasteiger partial charge < -0.3 is 15.0 Å². The Hall–Kier alpha value is -1.29. The minimum absolute atomic E-state index is 0.0423. The van der Waals surface area contributed by atoms with Crippen LogP contribution in [-0.2, 0) is 0 Å². The molecule has 0 aromatic carbocycles. The summed E-state index contributed by atoms with van der Waals surface area (Å²) in [5.74, 6) is -0.0923. The van der Waals surface area contributed by atoms with Gasteiger partial charge in [-0.05, 0) is 44.7 Å². The first kappa shape index (κ1) is 13.1. The van der Waals surface area contributed by atoms with Gasteiger partial charge in [0.15, 0.2) is 0 Å². The molecule has 1 saturated carbocycles. The van der Waals surface area contributed by atoms with Crippen LogP contribution in [0.4, 0.5) is 0 Å². The number of nitrogens with one attached hydrogen (secondary N) is 1. The molecule has 2 rings (SSSR count). The standard InChI is InChI=1S/C14H22N2O2/c1-3-14(2,10-17)15-13(18)12-8-5-9-16(12)11-6-4-7-11/h5,8-9,11,17H,3-4,6-7,10H2,1-2H3,(H,15,18). The van der Waals surface area contributed by atoms with Gasteiger partial charge in [0.2, 0.25) is 0 Å². The van der Waals surface area contributed by atoms with E-state index in [-0.39, 0.29) is 12.5 Å². The maximum Gasteiger partial charge on any atom is 0.268 e. The van der Waals surface area contributed by atoms with Crippen LogP contribution in [0.25, 0.3) is 0 Å². The van der Waals surface area contributed by atoms with E-state index in [2.05, 4.69) is 9.88 Å². The molecule has 18 heavy (non-hydrogen) atoms. The fourth-order valence-corrected chi connectivity index (χ4v) is 2.15. The number of rotatable bonds is 5. The Bertz CT molecular complexity index is 417. The SMILES string of the molecule is CCC(C)(CO)NC(=O)c1cccn1C1CCC1. The number of aliphatic hydroxyl groups is 1. The zero-order chi connectivity index (χ0) is 13.2. The van der Waals surface area contributed by atoms with Crippen LogP contribution in [0.5, 0.6) is 0 Å². The van der Waals surface area contributed by atoms with Gasteiger partial charge in [-0.2, -0.15) is 0 Å². The zero-order valence-corrected chi connectivity index (χ0v) is 11.1. The summed E-state index contributed by atoms with van der Waals surface area (Å²) in [6.07, 6.45) is 6.23. The van der Waals surface area contributed by atoms with Crippen molar-refractivity contribution in [2.45, 2.75) is 51.1 Å². The first-order valence-electron chi connectivity index (χ1n) is 6.70. The largest absolute Gasteiger partial charge is 0.394 e. The molecule has 1 aromatic heterocycles. The highest BCUT2D eigenvalue weighted by atomic mass is 16.3. The number of aliphatic hydroxyl groups excluding tert-OH is 1. The average molecular weight is 250 g/mol. The highest BCUT2D eigenvalue weighted by molar-refractivity contribution is 5.93. The van der Waals surface area contributed by atoms with E-state index in [1.165, 1.54) is 6.42 Å². The van der Waals surface area contributed by atoms with Crippen LogP contribution in [0.15, 0.2) is 18.3 Å². The third-order valence-electron chi connectivity index (χ3n) is 4.02. The molecule has 100 valence electrons. The molecular formula is C14H22N2O2. The first-order chi connectivity index (χ1) is 8.59. The zero-order valence-electron chi connectivity index (χ0n) is 11.1. The Balaban J connectivity index is 2.11. The Labute approximate surface area is 108 Å². The van der Waals surface area contributed by atoms with E-state index in [0.29, 0.717) is 18.2 Å². The smallest absolute Gasteiger partial charge is 0.268 e. The molecule has 4 heteroatoms. The van der Waals surface area contributed by atoms with Crippen LogP contribution in [-0.4, -0.2) is 27.7 Å². The lowest BCUT2D eigenvalue weighted by Gasteiger charge is -2.31. The Morgan fingerprint density at radius 1 is 1.61 bits per heavy atom. The summed E-state index contributed by atoms with van der Waals surface area (Å²) >= 11 is 0. The fraction of sp³-hybridized carbons (Fsp3) is 0.643. The highest BCUT2D eigenvalue weighted by Gasteiger charge is 2.27.